The van der Waals surface area contributed by atoms with Gasteiger partial charge in [0.25, 0.3) is 5.91 Å². The second kappa shape index (κ2) is 8.78. The van der Waals surface area contributed by atoms with E-state index in [2.05, 4.69) is 33.2 Å². The van der Waals surface area contributed by atoms with Gasteiger partial charge in [0.2, 0.25) is 0 Å². The largest absolute Gasteiger partial charge is 0.505 e. The summed E-state index contributed by atoms with van der Waals surface area (Å²) in [4.78, 5) is 26.6. The van der Waals surface area contributed by atoms with Crippen molar-refractivity contribution in [3.63, 3.8) is 0 Å². The standard InChI is InChI=1S/C27H22N2O5/c1-33-27(32)21-7-4-8-23(25(21)30)28-26(31)18-9-12-19(13-10-18)29-15-22-20-6-3-2-5-17(20)11-14-24(22)34-16-29/h2-14,30H,15-16H2,1H3,(H,28,31). The summed E-state index contributed by atoms with van der Waals surface area (Å²) < 4.78 is 10.6. The maximum Gasteiger partial charge on any atom is 0.341 e. The zero-order valence-corrected chi connectivity index (χ0v) is 18.4. The summed E-state index contributed by atoms with van der Waals surface area (Å²) in [6.45, 7) is 1.10. The van der Waals surface area contributed by atoms with Gasteiger partial charge in [0, 0.05) is 16.8 Å². The van der Waals surface area contributed by atoms with Gasteiger partial charge in [0.1, 0.15) is 11.3 Å². The molecular formula is C27H22N2O5. The molecule has 7 nitrogen and oxygen atoms in total. The average Bonchev–Trinajstić information content (AvgIpc) is 2.89. The summed E-state index contributed by atoms with van der Waals surface area (Å²) >= 11 is 0. The van der Waals surface area contributed by atoms with Gasteiger partial charge >= 0.3 is 5.97 Å². The van der Waals surface area contributed by atoms with E-state index in [1.165, 1.54) is 24.6 Å². The van der Waals surface area contributed by atoms with Gasteiger partial charge < -0.3 is 24.8 Å². The highest BCUT2D eigenvalue weighted by atomic mass is 16.5. The minimum Gasteiger partial charge on any atom is -0.505 e. The predicted octanol–water partition coefficient (Wildman–Crippen LogP) is 4.94. The SMILES string of the molecule is COC(=O)c1cccc(NC(=O)c2ccc(N3COc4ccc5ccccc5c4C3)cc2)c1O. The summed E-state index contributed by atoms with van der Waals surface area (Å²) in [5, 5.41) is 15.3. The third kappa shape index (κ3) is 3.88. The molecule has 34 heavy (non-hydrogen) atoms. The molecule has 0 aromatic heterocycles. The van der Waals surface area contributed by atoms with E-state index >= 15 is 0 Å². The summed E-state index contributed by atoms with van der Waals surface area (Å²) in [6.07, 6.45) is 0. The number of phenols is 1. The fraction of sp³-hybridized carbons (Fsp3) is 0.111. The number of phenolic OH excluding ortho intramolecular Hbond substituents is 1. The lowest BCUT2D eigenvalue weighted by atomic mass is 10.0. The van der Waals surface area contributed by atoms with E-state index < -0.39 is 11.9 Å². The van der Waals surface area contributed by atoms with Crippen molar-refractivity contribution in [2.24, 2.45) is 0 Å². The van der Waals surface area contributed by atoms with Crippen molar-refractivity contribution in [2.45, 2.75) is 6.54 Å². The van der Waals surface area contributed by atoms with Crippen molar-refractivity contribution in [2.75, 3.05) is 24.1 Å². The monoisotopic (exact) mass is 454 g/mol. The van der Waals surface area contributed by atoms with Crippen molar-refractivity contribution in [1.82, 2.24) is 0 Å². The van der Waals surface area contributed by atoms with Gasteiger partial charge in [-0.25, -0.2) is 4.79 Å². The Morgan fingerprint density at radius 3 is 2.56 bits per heavy atom. The Morgan fingerprint density at radius 1 is 0.971 bits per heavy atom. The number of fused-ring (bicyclic) bond motifs is 3. The van der Waals surface area contributed by atoms with E-state index in [1.54, 1.807) is 18.2 Å². The molecule has 4 aromatic carbocycles. The number of rotatable bonds is 4. The van der Waals surface area contributed by atoms with Crippen LogP contribution in [0.1, 0.15) is 26.3 Å². The number of aromatic hydroxyl groups is 1. The van der Waals surface area contributed by atoms with E-state index in [9.17, 15) is 14.7 Å². The number of anilines is 2. The summed E-state index contributed by atoms with van der Waals surface area (Å²) in [5.41, 5.74) is 2.58. The average molecular weight is 454 g/mol. The molecule has 1 amide bonds. The Kier molecular flexibility index (Phi) is 5.51. The molecule has 5 rings (SSSR count). The molecule has 1 aliphatic heterocycles. The van der Waals surface area contributed by atoms with Gasteiger partial charge in [0.05, 0.1) is 19.3 Å². The molecule has 0 spiro atoms. The maximum absolute atomic E-state index is 12.7. The Balaban J connectivity index is 1.33. The number of benzene rings is 4. The molecule has 2 N–H and O–H groups in total. The van der Waals surface area contributed by atoms with E-state index in [1.807, 2.05) is 30.3 Å². The molecule has 0 atom stereocenters. The number of carbonyl (C=O) groups is 2. The number of carbonyl (C=O) groups excluding carboxylic acids is 2. The molecule has 0 unspecified atom stereocenters. The van der Waals surface area contributed by atoms with Gasteiger partial charge in [0.15, 0.2) is 12.5 Å². The van der Waals surface area contributed by atoms with Gasteiger partial charge in [-0.3, -0.25) is 4.79 Å². The highest BCUT2D eigenvalue weighted by molar-refractivity contribution is 6.06. The number of nitrogens with zero attached hydrogens (tertiary/aromatic N) is 1. The van der Waals surface area contributed by atoms with Gasteiger partial charge in [-0.2, -0.15) is 0 Å². The molecule has 170 valence electrons. The van der Waals surface area contributed by atoms with Crippen LogP contribution in [0.2, 0.25) is 0 Å². The van der Waals surface area contributed by atoms with Crippen LogP contribution in [0.4, 0.5) is 11.4 Å². The van der Waals surface area contributed by atoms with Crippen LogP contribution in [0.25, 0.3) is 10.8 Å². The van der Waals surface area contributed by atoms with Gasteiger partial charge in [-0.15, -0.1) is 0 Å². The number of hydrogen-bond donors (Lipinski definition) is 2. The number of para-hydroxylation sites is 1. The summed E-state index contributed by atoms with van der Waals surface area (Å²) in [7, 11) is 1.23. The zero-order valence-electron chi connectivity index (χ0n) is 18.4. The first-order valence-corrected chi connectivity index (χ1v) is 10.8. The third-order valence-corrected chi connectivity index (χ3v) is 5.91. The van der Waals surface area contributed by atoms with Crippen LogP contribution in [0.5, 0.6) is 11.5 Å². The molecule has 0 saturated carbocycles. The quantitative estimate of drug-likeness (QED) is 0.335. The smallest absolute Gasteiger partial charge is 0.341 e. The predicted molar refractivity (Wildman–Crippen MR) is 129 cm³/mol. The Hall–Kier alpha value is -4.52. The molecule has 1 aliphatic rings. The Bertz CT molecular complexity index is 1400. The van der Waals surface area contributed by atoms with E-state index in [0.717, 1.165) is 22.4 Å². The number of ether oxygens (including phenoxy) is 2. The fourth-order valence-corrected chi connectivity index (χ4v) is 4.10. The van der Waals surface area contributed by atoms with Crippen molar-refractivity contribution in [1.29, 1.82) is 0 Å². The van der Waals surface area contributed by atoms with Crippen molar-refractivity contribution >= 4 is 34.0 Å². The van der Waals surface area contributed by atoms with E-state index in [0.29, 0.717) is 18.8 Å². The highest BCUT2D eigenvalue weighted by Gasteiger charge is 2.21. The molecule has 0 radical (unpaired) electrons. The summed E-state index contributed by atoms with van der Waals surface area (Å²) in [5.74, 6) is -0.540. The first-order valence-electron chi connectivity index (χ1n) is 10.8. The van der Waals surface area contributed by atoms with Crippen molar-refractivity contribution in [3.05, 3.63) is 95.6 Å². The molecule has 1 heterocycles. The van der Waals surface area contributed by atoms with E-state index in [4.69, 9.17) is 4.74 Å². The molecule has 7 heteroatoms. The molecule has 0 fully saturated rings. The lowest BCUT2D eigenvalue weighted by Gasteiger charge is -2.31. The molecular weight excluding hydrogens is 432 g/mol. The van der Waals surface area contributed by atoms with Crippen LogP contribution >= 0.6 is 0 Å². The number of esters is 1. The van der Waals surface area contributed by atoms with Crippen LogP contribution < -0.4 is 15.0 Å². The number of amides is 1. The summed E-state index contributed by atoms with van der Waals surface area (Å²) in [6, 6.07) is 23.9. The van der Waals surface area contributed by atoms with Crippen LogP contribution in [-0.2, 0) is 11.3 Å². The number of hydrogen-bond acceptors (Lipinski definition) is 6. The molecule has 4 aromatic rings. The van der Waals surface area contributed by atoms with Gasteiger partial charge in [-0.05, 0) is 53.2 Å². The van der Waals surface area contributed by atoms with Crippen LogP contribution in [0.15, 0.2) is 78.9 Å². The molecule has 0 bridgehead atoms. The molecule has 0 aliphatic carbocycles. The second-order valence-electron chi connectivity index (χ2n) is 7.93. The van der Waals surface area contributed by atoms with Crippen LogP contribution in [0.3, 0.4) is 0 Å². The third-order valence-electron chi connectivity index (χ3n) is 5.91. The highest BCUT2D eigenvalue weighted by Crippen LogP contribution is 2.34. The van der Waals surface area contributed by atoms with Crippen LogP contribution in [-0.4, -0.2) is 30.8 Å². The maximum atomic E-state index is 12.7. The number of nitrogens with one attached hydrogen (secondary N) is 1. The lowest BCUT2D eigenvalue weighted by molar-refractivity contribution is 0.0597. The molecule has 0 saturated heterocycles. The second-order valence-corrected chi connectivity index (χ2v) is 7.93. The first kappa shape index (κ1) is 21.3. The topological polar surface area (TPSA) is 88.1 Å². The fourth-order valence-electron chi connectivity index (χ4n) is 4.10. The zero-order chi connectivity index (χ0) is 23.7. The van der Waals surface area contributed by atoms with Crippen molar-refractivity contribution < 1.29 is 24.2 Å². The number of methoxy groups -OCH3 is 1. The lowest BCUT2D eigenvalue weighted by Crippen LogP contribution is -2.32. The first-order chi connectivity index (χ1) is 16.5. The van der Waals surface area contributed by atoms with Crippen molar-refractivity contribution in [3.8, 4) is 11.5 Å². The van der Waals surface area contributed by atoms with Gasteiger partial charge in [-0.1, -0.05) is 36.4 Å². The minimum absolute atomic E-state index is 0.0199. The van der Waals surface area contributed by atoms with Crippen LogP contribution in [0, 0.1) is 0 Å². The Labute approximate surface area is 196 Å². The van der Waals surface area contributed by atoms with E-state index in [-0.39, 0.29) is 17.0 Å². The Morgan fingerprint density at radius 2 is 1.76 bits per heavy atom. The minimum atomic E-state index is -0.684. The normalized spacial score (nSPS) is 12.6.